The molecule has 1 aromatic heterocycles. The Labute approximate surface area is 181 Å². The third-order valence-corrected chi connectivity index (χ3v) is 4.86. The van der Waals surface area contributed by atoms with Crippen molar-refractivity contribution in [2.75, 3.05) is 6.61 Å². The first-order valence-electron chi connectivity index (χ1n) is 10.3. The molecule has 0 radical (unpaired) electrons. The molecule has 0 aliphatic heterocycles. The van der Waals surface area contributed by atoms with Crippen LogP contribution in [0.25, 0.3) is 5.69 Å². The van der Waals surface area contributed by atoms with E-state index in [1.54, 1.807) is 4.68 Å². The summed E-state index contributed by atoms with van der Waals surface area (Å²) < 4.78 is 13.4. The molecule has 0 saturated carbocycles. The third-order valence-electron chi connectivity index (χ3n) is 4.86. The minimum atomic E-state index is 0.239. The Morgan fingerprint density at radius 2 is 1.68 bits per heavy atom. The number of ether oxygens (including phenoxy) is 2. The molecule has 7 nitrogen and oxygen atoms in total. The lowest BCUT2D eigenvalue weighted by molar-refractivity contribution is 0.315. The standard InChI is InChI=1S/C24H25N5O2/c1-3-30-23-16-19(17-25-18(2)20-10-6-4-7-11-20)14-15-22(23)31-24-26-27-28-29(24)21-12-8-5-9-13-21/h4-16,18,25H,3,17H2,1-2H3. The van der Waals surface area contributed by atoms with Crippen LogP contribution in [0, 0.1) is 0 Å². The molecule has 1 N–H and O–H groups in total. The summed E-state index contributed by atoms with van der Waals surface area (Å²) in [5.74, 6) is 1.21. The second-order valence-electron chi connectivity index (χ2n) is 7.04. The molecule has 158 valence electrons. The van der Waals surface area contributed by atoms with E-state index in [4.69, 9.17) is 9.47 Å². The fourth-order valence-corrected chi connectivity index (χ4v) is 3.22. The van der Waals surface area contributed by atoms with Crippen molar-refractivity contribution in [1.82, 2.24) is 25.5 Å². The van der Waals surface area contributed by atoms with Crippen LogP contribution >= 0.6 is 0 Å². The summed E-state index contributed by atoms with van der Waals surface area (Å²) in [4.78, 5) is 0. The number of hydrogen-bond donors (Lipinski definition) is 1. The topological polar surface area (TPSA) is 74.1 Å². The van der Waals surface area contributed by atoms with E-state index in [0.717, 1.165) is 11.3 Å². The SMILES string of the molecule is CCOc1cc(CNC(C)c2ccccc2)ccc1Oc1nnnn1-c1ccccc1. The zero-order chi connectivity index (χ0) is 21.5. The molecule has 0 bridgehead atoms. The summed E-state index contributed by atoms with van der Waals surface area (Å²) in [5, 5.41) is 15.3. The molecule has 1 atom stereocenters. The van der Waals surface area contributed by atoms with Gasteiger partial charge >= 0.3 is 6.01 Å². The van der Waals surface area contributed by atoms with Gasteiger partial charge in [0.25, 0.3) is 0 Å². The van der Waals surface area contributed by atoms with Crippen LogP contribution in [-0.4, -0.2) is 26.8 Å². The number of nitrogens with zero attached hydrogens (tertiary/aromatic N) is 4. The minimum absolute atomic E-state index is 0.239. The molecule has 0 amide bonds. The molecule has 0 aliphatic rings. The van der Waals surface area contributed by atoms with Gasteiger partial charge in [-0.2, -0.15) is 4.68 Å². The first-order chi connectivity index (χ1) is 15.2. The molecule has 1 unspecified atom stereocenters. The maximum absolute atomic E-state index is 6.02. The molecular weight excluding hydrogens is 390 g/mol. The van der Waals surface area contributed by atoms with E-state index in [1.807, 2.05) is 61.5 Å². The van der Waals surface area contributed by atoms with E-state index >= 15 is 0 Å². The maximum atomic E-state index is 6.02. The summed E-state index contributed by atoms with van der Waals surface area (Å²) in [6.07, 6.45) is 0. The lowest BCUT2D eigenvalue weighted by Crippen LogP contribution is -2.18. The summed E-state index contributed by atoms with van der Waals surface area (Å²) in [7, 11) is 0. The number of nitrogens with one attached hydrogen (secondary N) is 1. The van der Waals surface area contributed by atoms with Crippen molar-refractivity contribution in [3.63, 3.8) is 0 Å². The fraction of sp³-hybridized carbons (Fsp3) is 0.208. The van der Waals surface area contributed by atoms with Crippen LogP contribution in [0.5, 0.6) is 17.5 Å². The number of tetrazole rings is 1. The Morgan fingerprint density at radius 3 is 2.42 bits per heavy atom. The van der Waals surface area contributed by atoms with Gasteiger partial charge in [0.1, 0.15) is 0 Å². The molecule has 31 heavy (non-hydrogen) atoms. The van der Waals surface area contributed by atoms with Gasteiger partial charge in [-0.3, -0.25) is 0 Å². The predicted molar refractivity (Wildman–Crippen MR) is 119 cm³/mol. The Hall–Kier alpha value is -3.71. The highest BCUT2D eigenvalue weighted by Crippen LogP contribution is 2.32. The van der Waals surface area contributed by atoms with Crippen molar-refractivity contribution < 1.29 is 9.47 Å². The number of benzene rings is 3. The van der Waals surface area contributed by atoms with Crippen LogP contribution in [0.2, 0.25) is 0 Å². The summed E-state index contributed by atoms with van der Waals surface area (Å²) in [5.41, 5.74) is 3.16. The van der Waals surface area contributed by atoms with Gasteiger partial charge < -0.3 is 14.8 Å². The van der Waals surface area contributed by atoms with Gasteiger partial charge in [0.2, 0.25) is 0 Å². The number of rotatable bonds is 9. The van der Waals surface area contributed by atoms with Gasteiger partial charge in [-0.1, -0.05) is 59.7 Å². The molecule has 7 heteroatoms. The summed E-state index contributed by atoms with van der Waals surface area (Å²) in [6.45, 7) is 5.33. The highest BCUT2D eigenvalue weighted by Gasteiger charge is 2.15. The Kier molecular flexibility index (Phi) is 6.54. The largest absolute Gasteiger partial charge is 0.490 e. The van der Waals surface area contributed by atoms with Gasteiger partial charge in [0.15, 0.2) is 11.5 Å². The van der Waals surface area contributed by atoms with Gasteiger partial charge in [0, 0.05) is 12.6 Å². The fourth-order valence-electron chi connectivity index (χ4n) is 3.22. The number of aromatic nitrogens is 4. The Bertz CT molecular complexity index is 1100. The van der Waals surface area contributed by atoms with Gasteiger partial charge in [-0.15, -0.1) is 0 Å². The van der Waals surface area contributed by atoms with E-state index in [1.165, 1.54) is 5.56 Å². The second kappa shape index (κ2) is 9.86. The van der Waals surface area contributed by atoms with E-state index in [-0.39, 0.29) is 12.1 Å². The minimum Gasteiger partial charge on any atom is -0.490 e. The molecule has 3 aromatic carbocycles. The van der Waals surface area contributed by atoms with Crippen molar-refractivity contribution in [3.05, 3.63) is 90.0 Å². The van der Waals surface area contributed by atoms with Gasteiger partial charge in [-0.25, -0.2) is 0 Å². The molecule has 0 aliphatic carbocycles. The molecule has 4 rings (SSSR count). The maximum Gasteiger partial charge on any atom is 0.346 e. The zero-order valence-corrected chi connectivity index (χ0v) is 17.6. The lowest BCUT2D eigenvalue weighted by atomic mass is 10.1. The molecule has 4 aromatic rings. The lowest BCUT2D eigenvalue weighted by Gasteiger charge is -2.16. The molecule has 0 saturated heterocycles. The summed E-state index contributed by atoms with van der Waals surface area (Å²) in [6, 6.07) is 26.4. The smallest absolute Gasteiger partial charge is 0.346 e. The highest BCUT2D eigenvalue weighted by molar-refractivity contribution is 5.45. The quantitative estimate of drug-likeness (QED) is 0.427. The highest BCUT2D eigenvalue weighted by atomic mass is 16.5. The molecule has 1 heterocycles. The van der Waals surface area contributed by atoms with E-state index in [9.17, 15) is 0 Å². The monoisotopic (exact) mass is 415 g/mol. The Balaban J connectivity index is 1.50. The second-order valence-corrected chi connectivity index (χ2v) is 7.04. The van der Waals surface area contributed by atoms with Crippen molar-refractivity contribution in [2.45, 2.75) is 26.4 Å². The molecule has 0 fully saturated rings. The zero-order valence-electron chi connectivity index (χ0n) is 17.6. The van der Waals surface area contributed by atoms with E-state index in [0.29, 0.717) is 24.7 Å². The van der Waals surface area contributed by atoms with Crippen molar-refractivity contribution in [3.8, 4) is 23.2 Å². The van der Waals surface area contributed by atoms with Crippen LogP contribution in [-0.2, 0) is 6.54 Å². The normalized spacial score (nSPS) is 11.8. The van der Waals surface area contributed by atoms with Crippen molar-refractivity contribution >= 4 is 0 Å². The van der Waals surface area contributed by atoms with Crippen molar-refractivity contribution in [1.29, 1.82) is 0 Å². The molecular formula is C24H25N5O2. The third kappa shape index (κ3) is 5.07. The summed E-state index contributed by atoms with van der Waals surface area (Å²) >= 11 is 0. The number of hydrogen-bond acceptors (Lipinski definition) is 6. The first kappa shape index (κ1) is 20.6. The Morgan fingerprint density at radius 1 is 0.935 bits per heavy atom. The van der Waals surface area contributed by atoms with Crippen LogP contribution in [0.3, 0.4) is 0 Å². The van der Waals surface area contributed by atoms with Gasteiger partial charge in [0.05, 0.1) is 12.3 Å². The van der Waals surface area contributed by atoms with Crippen LogP contribution in [0.15, 0.2) is 78.9 Å². The molecule has 0 spiro atoms. The van der Waals surface area contributed by atoms with E-state index < -0.39 is 0 Å². The average Bonchev–Trinajstić information content (AvgIpc) is 3.28. The van der Waals surface area contributed by atoms with Crippen LogP contribution < -0.4 is 14.8 Å². The van der Waals surface area contributed by atoms with Crippen LogP contribution in [0.4, 0.5) is 0 Å². The first-order valence-corrected chi connectivity index (χ1v) is 10.3. The van der Waals surface area contributed by atoms with Gasteiger partial charge in [-0.05, 0) is 59.7 Å². The van der Waals surface area contributed by atoms with Crippen LogP contribution in [0.1, 0.15) is 31.0 Å². The predicted octanol–water partition coefficient (Wildman–Crippen LogP) is 4.70. The number of para-hydroxylation sites is 1. The van der Waals surface area contributed by atoms with Crippen molar-refractivity contribution in [2.24, 2.45) is 0 Å². The average molecular weight is 415 g/mol. The van der Waals surface area contributed by atoms with E-state index in [2.05, 4.69) is 52.0 Å².